The molecule has 2 aromatic carbocycles. The second kappa shape index (κ2) is 9.50. The lowest BCUT2D eigenvalue weighted by Crippen LogP contribution is -2.46. The highest BCUT2D eigenvalue weighted by Crippen LogP contribution is 2.33. The Morgan fingerprint density at radius 3 is 2.59 bits per heavy atom. The van der Waals surface area contributed by atoms with E-state index in [1.54, 1.807) is 18.7 Å². The van der Waals surface area contributed by atoms with Crippen LogP contribution in [0.15, 0.2) is 63.1 Å². The second-order valence-corrected chi connectivity index (χ2v) is 8.71. The average molecular weight is 475 g/mol. The molecule has 1 heterocycles. The third kappa shape index (κ3) is 5.22. The highest BCUT2D eigenvalue weighted by atomic mass is 79.9. The number of aryl methyl sites for hydroxylation is 2. The van der Waals surface area contributed by atoms with E-state index in [1.807, 2.05) is 56.3 Å². The van der Waals surface area contributed by atoms with E-state index in [1.165, 1.54) is 0 Å². The van der Waals surface area contributed by atoms with Gasteiger partial charge in [0.25, 0.3) is 0 Å². The van der Waals surface area contributed by atoms with E-state index in [4.69, 9.17) is 4.74 Å². The number of carbonyl (C=O) groups is 2. The first-order valence-electron chi connectivity index (χ1n) is 9.32. The molecule has 0 radical (unpaired) electrons. The van der Waals surface area contributed by atoms with Crippen LogP contribution in [0.1, 0.15) is 29.7 Å². The van der Waals surface area contributed by atoms with E-state index in [2.05, 4.69) is 26.6 Å². The zero-order valence-electron chi connectivity index (χ0n) is 16.5. The molecule has 1 atom stereocenters. The fourth-order valence-corrected chi connectivity index (χ4v) is 4.30. The monoisotopic (exact) mass is 474 g/mol. The van der Waals surface area contributed by atoms with E-state index in [-0.39, 0.29) is 12.6 Å². The quantitative estimate of drug-likeness (QED) is 0.455. The van der Waals surface area contributed by atoms with Gasteiger partial charge in [-0.25, -0.2) is 9.59 Å². The SMILES string of the molecule is CCOC(=O)C1=C(CSc2ccc(Br)cc2)NC(=O)NC1c1cc(C)ccc1C. The normalized spacial score (nSPS) is 16.3. The smallest absolute Gasteiger partial charge is 0.338 e. The minimum Gasteiger partial charge on any atom is -0.463 e. The predicted octanol–water partition coefficient (Wildman–Crippen LogP) is 5.03. The van der Waals surface area contributed by atoms with Gasteiger partial charge in [-0.2, -0.15) is 0 Å². The van der Waals surface area contributed by atoms with Crippen LogP contribution in [-0.4, -0.2) is 24.4 Å². The van der Waals surface area contributed by atoms with Gasteiger partial charge in [0.15, 0.2) is 0 Å². The molecule has 1 unspecified atom stereocenters. The van der Waals surface area contributed by atoms with Gasteiger partial charge in [0.1, 0.15) is 0 Å². The number of benzene rings is 2. The summed E-state index contributed by atoms with van der Waals surface area (Å²) in [5.74, 6) is 0.0298. The number of urea groups is 1. The van der Waals surface area contributed by atoms with E-state index in [9.17, 15) is 9.59 Å². The van der Waals surface area contributed by atoms with E-state index in [0.717, 1.165) is 26.1 Å². The van der Waals surface area contributed by atoms with Crippen LogP contribution in [0.25, 0.3) is 0 Å². The summed E-state index contributed by atoms with van der Waals surface area (Å²) in [6.45, 7) is 6.01. The summed E-state index contributed by atoms with van der Waals surface area (Å²) in [4.78, 5) is 26.3. The highest BCUT2D eigenvalue weighted by molar-refractivity contribution is 9.10. The zero-order chi connectivity index (χ0) is 21.0. The summed E-state index contributed by atoms with van der Waals surface area (Å²) in [5, 5.41) is 5.72. The fourth-order valence-electron chi connectivity index (χ4n) is 3.17. The molecule has 1 aliphatic heterocycles. The Morgan fingerprint density at radius 2 is 1.90 bits per heavy atom. The molecule has 0 spiro atoms. The molecule has 2 N–H and O–H groups in total. The Bertz CT molecular complexity index is 957. The molecular weight excluding hydrogens is 452 g/mol. The van der Waals surface area contributed by atoms with Crippen LogP contribution in [0.5, 0.6) is 0 Å². The molecule has 7 heteroatoms. The van der Waals surface area contributed by atoms with Crippen LogP contribution >= 0.6 is 27.7 Å². The van der Waals surface area contributed by atoms with Crippen LogP contribution in [-0.2, 0) is 9.53 Å². The molecule has 0 saturated carbocycles. The van der Waals surface area contributed by atoms with Crippen LogP contribution in [0, 0.1) is 13.8 Å². The number of hydrogen-bond donors (Lipinski definition) is 2. The summed E-state index contributed by atoms with van der Waals surface area (Å²) in [6.07, 6.45) is 0. The van der Waals surface area contributed by atoms with Crippen molar-refractivity contribution in [3.63, 3.8) is 0 Å². The maximum atomic E-state index is 12.9. The van der Waals surface area contributed by atoms with Gasteiger partial charge in [-0.1, -0.05) is 39.7 Å². The first kappa shape index (κ1) is 21.5. The molecule has 3 rings (SSSR count). The number of halogens is 1. The number of esters is 1. The topological polar surface area (TPSA) is 67.4 Å². The Hall–Kier alpha value is -2.25. The molecule has 2 aromatic rings. The number of nitrogens with one attached hydrogen (secondary N) is 2. The van der Waals surface area contributed by atoms with Crippen LogP contribution in [0.4, 0.5) is 4.79 Å². The van der Waals surface area contributed by atoms with Gasteiger partial charge in [-0.05, 0) is 56.2 Å². The molecule has 0 bridgehead atoms. The largest absolute Gasteiger partial charge is 0.463 e. The van der Waals surface area contributed by atoms with E-state index in [0.29, 0.717) is 17.0 Å². The zero-order valence-corrected chi connectivity index (χ0v) is 18.9. The molecule has 152 valence electrons. The highest BCUT2D eigenvalue weighted by Gasteiger charge is 2.34. The molecular formula is C22H23BrN2O3S. The molecule has 29 heavy (non-hydrogen) atoms. The van der Waals surface area contributed by atoms with Crippen molar-refractivity contribution in [3.05, 3.63) is 74.9 Å². The maximum Gasteiger partial charge on any atom is 0.338 e. The minimum absolute atomic E-state index is 0.267. The molecule has 0 aliphatic carbocycles. The Labute approximate surface area is 183 Å². The molecule has 1 aliphatic rings. The summed E-state index contributed by atoms with van der Waals surface area (Å²) in [7, 11) is 0. The first-order chi connectivity index (χ1) is 13.9. The van der Waals surface area contributed by atoms with Crippen molar-refractivity contribution in [1.82, 2.24) is 10.6 Å². The van der Waals surface area contributed by atoms with Gasteiger partial charge in [-0.15, -0.1) is 11.8 Å². The van der Waals surface area contributed by atoms with Crippen LogP contribution in [0.2, 0.25) is 0 Å². The third-order valence-electron chi connectivity index (χ3n) is 4.59. The lowest BCUT2D eigenvalue weighted by Gasteiger charge is -2.30. The summed E-state index contributed by atoms with van der Waals surface area (Å²) in [6, 6.07) is 13.0. The predicted molar refractivity (Wildman–Crippen MR) is 119 cm³/mol. The van der Waals surface area contributed by atoms with Crippen LogP contribution < -0.4 is 10.6 Å². The molecule has 0 fully saturated rings. The van der Waals surface area contributed by atoms with Crippen molar-refractivity contribution in [2.45, 2.75) is 31.7 Å². The van der Waals surface area contributed by atoms with Crippen molar-refractivity contribution in [2.75, 3.05) is 12.4 Å². The van der Waals surface area contributed by atoms with E-state index < -0.39 is 12.0 Å². The summed E-state index contributed by atoms with van der Waals surface area (Å²) >= 11 is 4.98. The number of hydrogen-bond acceptors (Lipinski definition) is 4. The van der Waals surface area contributed by atoms with Gasteiger partial charge in [0.05, 0.1) is 18.2 Å². The fraction of sp³-hybridized carbons (Fsp3) is 0.273. The summed E-state index contributed by atoms with van der Waals surface area (Å²) in [5.41, 5.74) is 3.99. The Balaban J connectivity index is 2.00. The summed E-state index contributed by atoms with van der Waals surface area (Å²) < 4.78 is 6.33. The lowest BCUT2D eigenvalue weighted by molar-refractivity contribution is -0.139. The van der Waals surface area contributed by atoms with Crippen LogP contribution in [0.3, 0.4) is 0 Å². The Morgan fingerprint density at radius 1 is 1.17 bits per heavy atom. The van der Waals surface area contributed by atoms with Gasteiger partial charge >= 0.3 is 12.0 Å². The van der Waals surface area contributed by atoms with Gasteiger partial charge in [0, 0.05) is 20.8 Å². The number of rotatable bonds is 6. The van der Waals surface area contributed by atoms with Crippen molar-refractivity contribution >= 4 is 39.7 Å². The first-order valence-corrected chi connectivity index (χ1v) is 11.1. The molecule has 0 aromatic heterocycles. The molecule has 0 saturated heterocycles. The molecule has 2 amide bonds. The van der Waals surface area contributed by atoms with E-state index >= 15 is 0 Å². The van der Waals surface area contributed by atoms with Crippen molar-refractivity contribution in [3.8, 4) is 0 Å². The van der Waals surface area contributed by atoms with Crippen molar-refractivity contribution in [2.24, 2.45) is 0 Å². The number of carbonyl (C=O) groups excluding carboxylic acids is 2. The van der Waals surface area contributed by atoms with Gasteiger partial charge in [0.2, 0.25) is 0 Å². The number of ether oxygens (including phenoxy) is 1. The Kier molecular flexibility index (Phi) is 7.03. The third-order valence-corrected chi connectivity index (χ3v) is 6.16. The lowest BCUT2D eigenvalue weighted by atomic mass is 9.91. The second-order valence-electron chi connectivity index (χ2n) is 6.75. The maximum absolute atomic E-state index is 12.9. The molecule has 5 nitrogen and oxygen atoms in total. The number of thioether (sulfide) groups is 1. The minimum atomic E-state index is -0.553. The van der Waals surface area contributed by atoms with Crippen molar-refractivity contribution < 1.29 is 14.3 Å². The van der Waals surface area contributed by atoms with Crippen molar-refractivity contribution in [1.29, 1.82) is 0 Å². The number of amides is 2. The average Bonchev–Trinajstić information content (AvgIpc) is 2.69. The van der Waals surface area contributed by atoms with Gasteiger partial charge < -0.3 is 15.4 Å². The standard InChI is InChI=1S/C22H23BrN2O3S/c1-4-28-21(26)19-18(12-29-16-9-7-15(23)8-10-16)24-22(27)25-20(19)17-11-13(2)5-6-14(17)3/h5-11,20H,4,12H2,1-3H3,(H2,24,25,27). The van der Waals surface area contributed by atoms with Gasteiger partial charge in [-0.3, -0.25) is 0 Å².